The van der Waals surface area contributed by atoms with Crippen LogP contribution in [0.5, 0.6) is 0 Å². The molecule has 1 aliphatic carbocycles. The van der Waals surface area contributed by atoms with E-state index in [1.54, 1.807) is 7.11 Å². The van der Waals surface area contributed by atoms with E-state index in [-0.39, 0.29) is 0 Å². The average molecular weight is 221 g/mol. The number of hydrogen-bond acceptors (Lipinski definition) is 2. The summed E-state index contributed by atoms with van der Waals surface area (Å²) < 4.78 is 5.10. The lowest BCUT2D eigenvalue weighted by Gasteiger charge is -2.22. The van der Waals surface area contributed by atoms with Gasteiger partial charge in [-0.1, -0.05) is 19.9 Å². The third kappa shape index (κ3) is 3.05. The zero-order chi connectivity index (χ0) is 12.1. The number of nitrogens with zero attached hydrogens (tertiary/aromatic N) is 1. The first-order valence-corrected chi connectivity index (χ1v) is 6.03. The number of rotatable bonds is 4. The van der Waals surface area contributed by atoms with E-state index in [1.807, 2.05) is 6.92 Å². The minimum atomic E-state index is 0.613. The first-order valence-electron chi connectivity index (χ1n) is 6.03. The van der Waals surface area contributed by atoms with Crippen molar-refractivity contribution >= 4 is 5.71 Å². The molecule has 0 aromatic heterocycles. The summed E-state index contributed by atoms with van der Waals surface area (Å²) in [6.07, 6.45) is 4.54. The number of hydrogen-bond donors (Lipinski definition) is 0. The molecular weight excluding hydrogens is 198 g/mol. The summed E-state index contributed by atoms with van der Waals surface area (Å²) in [6.45, 7) is 9.29. The Balaban J connectivity index is 3.00. The SMILES string of the molecule is CCC1=CCC(C)C(C)=C1N=C(C)COC. The summed E-state index contributed by atoms with van der Waals surface area (Å²) in [5.74, 6) is 0.615. The van der Waals surface area contributed by atoms with Crippen molar-refractivity contribution in [3.63, 3.8) is 0 Å². The van der Waals surface area contributed by atoms with Crippen LogP contribution in [0.25, 0.3) is 0 Å². The Morgan fingerprint density at radius 2 is 2.25 bits per heavy atom. The predicted molar refractivity (Wildman–Crippen MR) is 69.8 cm³/mol. The molecule has 0 aromatic carbocycles. The highest BCUT2D eigenvalue weighted by atomic mass is 16.5. The van der Waals surface area contributed by atoms with Crippen molar-refractivity contribution in [1.82, 2.24) is 0 Å². The molecule has 0 bridgehead atoms. The molecule has 0 spiro atoms. The summed E-state index contributed by atoms with van der Waals surface area (Å²) in [5, 5.41) is 0. The van der Waals surface area contributed by atoms with Crippen LogP contribution in [0.1, 0.15) is 40.5 Å². The Morgan fingerprint density at radius 3 is 2.81 bits per heavy atom. The highest BCUT2D eigenvalue weighted by Gasteiger charge is 2.17. The quantitative estimate of drug-likeness (QED) is 0.663. The van der Waals surface area contributed by atoms with Crippen molar-refractivity contribution in [3.05, 3.63) is 22.9 Å². The molecule has 0 amide bonds. The van der Waals surface area contributed by atoms with E-state index >= 15 is 0 Å². The van der Waals surface area contributed by atoms with Gasteiger partial charge >= 0.3 is 0 Å². The summed E-state index contributed by atoms with van der Waals surface area (Å²) in [4.78, 5) is 4.71. The van der Waals surface area contributed by atoms with Gasteiger partial charge in [0.2, 0.25) is 0 Å². The Labute approximate surface area is 99.1 Å². The molecule has 2 heteroatoms. The molecule has 0 N–H and O–H groups in total. The normalized spacial score (nSPS) is 22.4. The van der Waals surface area contributed by atoms with Gasteiger partial charge in [-0.25, -0.2) is 0 Å². The fraction of sp³-hybridized carbons (Fsp3) is 0.643. The first kappa shape index (κ1) is 13.2. The summed E-state index contributed by atoms with van der Waals surface area (Å²) in [5.41, 5.74) is 5.03. The summed E-state index contributed by atoms with van der Waals surface area (Å²) in [7, 11) is 1.71. The van der Waals surface area contributed by atoms with E-state index in [9.17, 15) is 0 Å². The lowest BCUT2D eigenvalue weighted by molar-refractivity contribution is 0.245. The van der Waals surface area contributed by atoms with Crippen LogP contribution in [0.4, 0.5) is 0 Å². The lowest BCUT2D eigenvalue weighted by Crippen LogP contribution is -2.09. The Bertz CT molecular complexity index is 337. The van der Waals surface area contributed by atoms with Crippen molar-refractivity contribution in [2.24, 2.45) is 10.9 Å². The van der Waals surface area contributed by atoms with Crippen LogP contribution in [0.2, 0.25) is 0 Å². The Morgan fingerprint density at radius 1 is 1.56 bits per heavy atom. The monoisotopic (exact) mass is 221 g/mol. The van der Waals surface area contributed by atoms with Crippen LogP contribution in [-0.4, -0.2) is 19.4 Å². The second-order valence-electron chi connectivity index (χ2n) is 4.53. The molecule has 1 unspecified atom stereocenters. The molecule has 0 fully saturated rings. The molecule has 0 saturated heterocycles. The van der Waals surface area contributed by atoms with Gasteiger partial charge in [0.1, 0.15) is 0 Å². The first-order chi connectivity index (χ1) is 7.60. The van der Waals surface area contributed by atoms with E-state index in [0.29, 0.717) is 12.5 Å². The topological polar surface area (TPSA) is 21.6 Å². The summed E-state index contributed by atoms with van der Waals surface area (Å²) >= 11 is 0. The molecule has 0 aliphatic heterocycles. The highest BCUT2D eigenvalue weighted by molar-refractivity contribution is 5.84. The molecular formula is C14H23NO. The van der Waals surface area contributed by atoms with Gasteiger partial charge in [-0.15, -0.1) is 0 Å². The van der Waals surface area contributed by atoms with Gasteiger partial charge in [0.15, 0.2) is 0 Å². The third-order valence-electron chi connectivity index (χ3n) is 3.17. The van der Waals surface area contributed by atoms with Crippen molar-refractivity contribution in [2.45, 2.75) is 40.5 Å². The molecule has 0 heterocycles. The van der Waals surface area contributed by atoms with Gasteiger partial charge in [-0.05, 0) is 43.8 Å². The second-order valence-corrected chi connectivity index (χ2v) is 4.53. The predicted octanol–water partition coefficient (Wildman–Crippen LogP) is 3.74. The third-order valence-corrected chi connectivity index (χ3v) is 3.17. The fourth-order valence-electron chi connectivity index (χ4n) is 1.98. The van der Waals surface area contributed by atoms with E-state index in [0.717, 1.165) is 18.6 Å². The second kappa shape index (κ2) is 6.00. The molecule has 1 rings (SSSR count). The Kier molecular flexibility index (Phi) is 4.94. The maximum atomic E-state index is 5.10. The average Bonchev–Trinajstić information content (AvgIpc) is 2.25. The van der Waals surface area contributed by atoms with Gasteiger partial charge in [0.05, 0.1) is 12.3 Å². The minimum Gasteiger partial charge on any atom is -0.379 e. The van der Waals surface area contributed by atoms with Crippen molar-refractivity contribution < 1.29 is 4.74 Å². The molecule has 0 radical (unpaired) electrons. The number of allylic oxidation sites excluding steroid dienone is 3. The lowest BCUT2D eigenvalue weighted by atomic mass is 9.87. The van der Waals surface area contributed by atoms with Crippen LogP contribution in [0, 0.1) is 5.92 Å². The number of aliphatic imine (C=N–C) groups is 1. The standard InChI is InChI=1S/C14H23NO/c1-6-13-8-7-10(2)12(4)14(13)15-11(3)9-16-5/h8,10H,6-7,9H2,1-5H3. The van der Waals surface area contributed by atoms with Crippen LogP contribution in [0.15, 0.2) is 27.9 Å². The van der Waals surface area contributed by atoms with E-state index < -0.39 is 0 Å². The minimum absolute atomic E-state index is 0.613. The smallest absolute Gasteiger partial charge is 0.0842 e. The molecule has 0 saturated carbocycles. The highest BCUT2D eigenvalue weighted by Crippen LogP contribution is 2.31. The zero-order valence-corrected chi connectivity index (χ0v) is 11.1. The summed E-state index contributed by atoms with van der Waals surface area (Å²) in [6, 6.07) is 0. The molecule has 1 atom stereocenters. The molecule has 90 valence electrons. The van der Waals surface area contributed by atoms with Crippen molar-refractivity contribution in [3.8, 4) is 0 Å². The van der Waals surface area contributed by atoms with Gasteiger partial charge in [-0.3, -0.25) is 4.99 Å². The van der Waals surface area contributed by atoms with Crippen LogP contribution in [-0.2, 0) is 4.74 Å². The fourth-order valence-corrected chi connectivity index (χ4v) is 1.98. The number of ether oxygens (including phenoxy) is 1. The van der Waals surface area contributed by atoms with Crippen molar-refractivity contribution in [1.29, 1.82) is 0 Å². The van der Waals surface area contributed by atoms with Crippen molar-refractivity contribution in [2.75, 3.05) is 13.7 Å². The maximum Gasteiger partial charge on any atom is 0.0842 e. The molecule has 1 aliphatic rings. The van der Waals surface area contributed by atoms with Gasteiger partial charge in [-0.2, -0.15) is 0 Å². The van der Waals surface area contributed by atoms with Gasteiger partial charge in [0, 0.05) is 12.8 Å². The Hall–Kier alpha value is -0.890. The largest absolute Gasteiger partial charge is 0.379 e. The van der Waals surface area contributed by atoms with Gasteiger partial charge in [0.25, 0.3) is 0 Å². The molecule has 0 aromatic rings. The van der Waals surface area contributed by atoms with Gasteiger partial charge < -0.3 is 4.74 Å². The van der Waals surface area contributed by atoms with E-state index in [2.05, 4.69) is 26.8 Å². The van der Waals surface area contributed by atoms with Crippen LogP contribution in [0.3, 0.4) is 0 Å². The maximum absolute atomic E-state index is 5.10. The van der Waals surface area contributed by atoms with Crippen LogP contribution >= 0.6 is 0 Å². The molecule has 2 nitrogen and oxygen atoms in total. The van der Waals surface area contributed by atoms with E-state index in [1.165, 1.54) is 16.8 Å². The molecule has 16 heavy (non-hydrogen) atoms. The number of methoxy groups -OCH3 is 1. The van der Waals surface area contributed by atoms with E-state index in [4.69, 9.17) is 9.73 Å². The zero-order valence-electron chi connectivity index (χ0n) is 11.1. The van der Waals surface area contributed by atoms with Crippen LogP contribution < -0.4 is 0 Å².